The molecule has 1 N–H and O–H groups in total. The number of furan rings is 2. The highest BCUT2D eigenvalue weighted by molar-refractivity contribution is 14.1. The molecule has 126 valence electrons. The molecule has 8 heteroatoms. The van der Waals surface area contributed by atoms with Crippen molar-refractivity contribution in [3.8, 4) is 11.6 Å². The molecule has 0 saturated heterocycles. The molecule has 0 aliphatic carbocycles. The van der Waals surface area contributed by atoms with Gasteiger partial charge >= 0.3 is 0 Å². The van der Waals surface area contributed by atoms with Crippen molar-refractivity contribution < 1.29 is 13.6 Å². The molecule has 1 aromatic carbocycles. The zero-order chi connectivity index (χ0) is 17.6. The predicted octanol–water partition coefficient (Wildman–Crippen LogP) is 5.02. The number of hydrogen-bond acceptors (Lipinski definition) is 6. The number of carbonyl (C=O) groups is 1. The fourth-order valence-corrected chi connectivity index (χ4v) is 3.50. The first-order chi connectivity index (χ1) is 12.0. The highest BCUT2D eigenvalue weighted by Crippen LogP contribution is 2.28. The van der Waals surface area contributed by atoms with Crippen LogP contribution in [0.3, 0.4) is 0 Å². The summed E-state index contributed by atoms with van der Waals surface area (Å²) in [5.41, 5.74) is 2.58. The molecule has 6 nitrogen and oxygen atoms in total. The normalized spacial score (nSPS) is 11.2. The topological polar surface area (TPSA) is 81.2 Å². The van der Waals surface area contributed by atoms with Crippen molar-refractivity contribution in [2.75, 3.05) is 5.32 Å². The minimum absolute atomic E-state index is 0.282. The molecule has 0 bridgehead atoms. The Morgan fingerprint density at radius 2 is 2.04 bits per heavy atom. The molecule has 0 radical (unpaired) electrons. The van der Waals surface area contributed by atoms with Gasteiger partial charge in [-0.2, -0.15) is 9.36 Å². The molecule has 0 saturated carbocycles. The third kappa shape index (κ3) is 3.07. The summed E-state index contributed by atoms with van der Waals surface area (Å²) in [6, 6.07) is 9.49. The van der Waals surface area contributed by atoms with Crippen molar-refractivity contribution in [2.24, 2.45) is 0 Å². The lowest BCUT2D eigenvalue weighted by atomic mass is 10.1. The van der Waals surface area contributed by atoms with Crippen LogP contribution < -0.4 is 5.32 Å². The van der Waals surface area contributed by atoms with E-state index in [4.69, 9.17) is 8.83 Å². The van der Waals surface area contributed by atoms with Crippen LogP contribution >= 0.6 is 34.1 Å². The number of benzene rings is 1. The SMILES string of the molecule is Cc1ccc2c(C)c(C(=O)Nc3nc(-c4ccc(I)o4)ns3)oc2c1. The van der Waals surface area contributed by atoms with E-state index < -0.39 is 0 Å². The highest BCUT2D eigenvalue weighted by atomic mass is 127. The average Bonchev–Trinajstić information content (AvgIpc) is 3.27. The Balaban J connectivity index is 1.60. The molecule has 0 atom stereocenters. The summed E-state index contributed by atoms with van der Waals surface area (Å²) in [6.45, 7) is 3.85. The predicted molar refractivity (Wildman–Crippen MR) is 104 cm³/mol. The number of nitrogens with zero attached hydrogens (tertiary/aromatic N) is 2. The first-order valence-corrected chi connectivity index (χ1v) is 9.27. The molecule has 0 aliphatic rings. The van der Waals surface area contributed by atoms with Crippen LogP contribution in [-0.4, -0.2) is 15.3 Å². The Morgan fingerprint density at radius 3 is 2.80 bits per heavy atom. The smallest absolute Gasteiger partial charge is 0.293 e. The quantitative estimate of drug-likeness (QED) is 0.430. The van der Waals surface area contributed by atoms with Crippen LogP contribution in [-0.2, 0) is 0 Å². The van der Waals surface area contributed by atoms with E-state index in [-0.39, 0.29) is 11.7 Å². The van der Waals surface area contributed by atoms with E-state index in [1.54, 1.807) is 6.07 Å². The van der Waals surface area contributed by atoms with Gasteiger partial charge in [-0.3, -0.25) is 10.1 Å². The summed E-state index contributed by atoms with van der Waals surface area (Å²) in [5, 5.41) is 4.06. The van der Waals surface area contributed by atoms with Gasteiger partial charge < -0.3 is 8.83 Å². The van der Waals surface area contributed by atoms with Gasteiger partial charge in [-0.15, -0.1) is 0 Å². The monoisotopic (exact) mass is 465 g/mol. The number of amides is 1. The fraction of sp³-hybridized carbons (Fsp3) is 0.118. The van der Waals surface area contributed by atoms with Crippen LogP contribution in [0.4, 0.5) is 5.13 Å². The van der Waals surface area contributed by atoms with E-state index in [1.165, 1.54) is 0 Å². The summed E-state index contributed by atoms with van der Waals surface area (Å²) < 4.78 is 16.2. The second kappa shape index (κ2) is 6.26. The van der Waals surface area contributed by atoms with Gasteiger partial charge in [-0.1, -0.05) is 12.1 Å². The number of fused-ring (bicyclic) bond motifs is 1. The van der Waals surface area contributed by atoms with E-state index in [2.05, 4.69) is 37.3 Å². The molecular formula is C17H12IN3O3S. The lowest BCUT2D eigenvalue weighted by molar-refractivity contribution is 0.0998. The largest absolute Gasteiger partial charge is 0.451 e. The summed E-state index contributed by atoms with van der Waals surface area (Å²) in [6.07, 6.45) is 0. The summed E-state index contributed by atoms with van der Waals surface area (Å²) in [7, 11) is 0. The van der Waals surface area contributed by atoms with Crippen LogP contribution in [0, 0.1) is 17.6 Å². The fourth-order valence-electron chi connectivity index (χ4n) is 2.51. The maximum absolute atomic E-state index is 12.5. The van der Waals surface area contributed by atoms with Crippen LogP contribution in [0.25, 0.3) is 22.6 Å². The maximum atomic E-state index is 12.5. The van der Waals surface area contributed by atoms with Gasteiger partial charge in [0.2, 0.25) is 11.0 Å². The van der Waals surface area contributed by atoms with Crippen LogP contribution in [0.15, 0.2) is 39.2 Å². The minimum atomic E-state index is -0.344. The van der Waals surface area contributed by atoms with Crippen molar-refractivity contribution in [1.29, 1.82) is 0 Å². The van der Waals surface area contributed by atoms with Crippen molar-refractivity contribution in [2.45, 2.75) is 13.8 Å². The minimum Gasteiger partial charge on any atom is -0.451 e. The van der Waals surface area contributed by atoms with Crippen molar-refractivity contribution in [3.63, 3.8) is 0 Å². The number of aryl methyl sites for hydroxylation is 2. The highest BCUT2D eigenvalue weighted by Gasteiger charge is 2.20. The Morgan fingerprint density at radius 1 is 1.20 bits per heavy atom. The Bertz CT molecular complexity index is 1100. The van der Waals surface area contributed by atoms with E-state index in [9.17, 15) is 4.79 Å². The van der Waals surface area contributed by atoms with E-state index in [0.717, 1.165) is 31.8 Å². The van der Waals surface area contributed by atoms with Gasteiger partial charge in [0, 0.05) is 22.5 Å². The van der Waals surface area contributed by atoms with Gasteiger partial charge in [0.25, 0.3) is 5.91 Å². The van der Waals surface area contributed by atoms with Gasteiger partial charge in [0.05, 0.1) is 0 Å². The molecule has 4 aromatic rings. The number of aromatic nitrogens is 2. The third-order valence-corrected chi connectivity index (χ3v) is 4.95. The number of anilines is 1. The van der Waals surface area contributed by atoms with Gasteiger partial charge in [-0.05, 0) is 60.2 Å². The molecule has 3 heterocycles. The lowest BCUT2D eigenvalue weighted by Gasteiger charge is -1.98. The molecule has 0 aliphatic heterocycles. The van der Waals surface area contributed by atoms with E-state index >= 15 is 0 Å². The molecule has 3 aromatic heterocycles. The van der Waals surface area contributed by atoms with Gasteiger partial charge in [-0.25, -0.2) is 0 Å². The van der Waals surface area contributed by atoms with Crippen molar-refractivity contribution >= 4 is 56.1 Å². The first-order valence-electron chi connectivity index (χ1n) is 7.42. The second-order valence-corrected chi connectivity index (χ2v) is 7.35. The maximum Gasteiger partial charge on any atom is 0.293 e. The third-order valence-electron chi connectivity index (χ3n) is 3.74. The summed E-state index contributed by atoms with van der Waals surface area (Å²) >= 11 is 3.17. The lowest BCUT2D eigenvalue weighted by Crippen LogP contribution is -2.11. The molecule has 1 amide bonds. The number of hydrogen-bond donors (Lipinski definition) is 1. The van der Waals surface area contributed by atoms with E-state index in [0.29, 0.717) is 22.3 Å². The number of nitrogens with one attached hydrogen (secondary N) is 1. The number of halogens is 1. The zero-order valence-corrected chi connectivity index (χ0v) is 16.3. The van der Waals surface area contributed by atoms with Crippen molar-refractivity contribution in [1.82, 2.24) is 9.36 Å². The molecule has 0 spiro atoms. The standard InChI is InChI=1S/C17H12IN3O3S/c1-8-3-4-10-9(2)14(24-12(10)7-8)16(22)20-17-19-15(21-25-17)11-5-6-13(18)23-11/h3-7H,1-2H3,(H,19,20,21,22). The molecular weight excluding hydrogens is 453 g/mol. The summed E-state index contributed by atoms with van der Waals surface area (Å²) in [5.74, 6) is 0.949. The molecule has 0 unspecified atom stereocenters. The number of carbonyl (C=O) groups excluding carboxylic acids is 1. The summed E-state index contributed by atoms with van der Waals surface area (Å²) in [4.78, 5) is 16.8. The second-order valence-electron chi connectivity index (χ2n) is 5.54. The number of rotatable bonds is 3. The van der Waals surface area contributed by atoms with E-state index in [1.807, 2.05) is 38.1 Å². The van der Waals surface area contributed by atoms with Crippen molar-refractivity contribution in [3.05, 3.63) is 51.0 Å². The first kappa shape index (κ1) is 16.3. The van der Waals surface area contributed by atoms with Crippen LogP contribution in [0.2, 0.25) is 0 Å². The van der Waals surface area contributed by atoms with Gasteiger partial charge in [0.15, 0.2) is 15.3 Å². The van der Waals surface area contributed by atoms with Crippen LogP contribution in [0.1, 0.15) is 21.7 Å². The van der Waals surface area contributed by atoms with Gasteiger partial charge in [0.1, 0.15) is 5.58 Å². The molecule has 25 heavy (non-hydrogen) atoms. The molecule has 4 rings (SSSR count). The Hall–Kier alpha value is -2.20. The Labute approximate surface area is 160 Å². The Kier molecular flexibility index (Phi) is 4.08. The molecule has 0 fully saturated rings. The van der Waals surface area contributed by atoms with Crippen LogP contribution in [0.5, 0.6) is 0 Å². The zero-order valence-electron chi connectivity index (χ0n) is 13.3. The average molecular weight is 465 g/mol.